The summed E-state index contributed by atoms with van der Waals surface area (Å²) in [5, 5.41) is 13.8. The number of aryl methyl sites for hydroxylation is 1. The van der Waals surface area contributed by atoms with Crippen LogP contribution in [0.25, 0.3) is 10.9 Å². The van der Waals surface area contributed by atoms with Gasteiger partial charge in [-0.1, -0.05) is 15.9 Å². The van der Waals surface area contributed by atoms with E-state index in [1.165, 1.54) is 0 Å². The van der Waals surface area contributed by atoms with Crippen LogP contribution in [-0.4, -0.2) is 9.78 Å². The highest BCUT2D eigenvalue weighted by Crippen LogP contribution is 2.22. The van der Waals surface area contributed by atoms with Crippen LogP contribution in [0.15, 0.2) is 22.8 Å². The van der Waals surface area contributed by atoms with Crippen molar-refractivity contribution in [1.29, 1.82) is 5.26 Å². The SMILES string of the molecule is Cn1ncc2c(C#N)cc(Br)cc21. The first-order valence-corrected chi connectivity index (χ1v) is 4.53. The average Bonchev–Trinajstić information content (AvgIpc) is 2.47. The summed E-state index contributed by atoms with van der Waals surface area (Å²) >= 11 is 3.35. The molecule has 4 heteroatoms. The van der Waals surface area contributed by atoms with Crippen molar-refractivity contribution in [3.8, 4) is 6.07 Å². The molecule has 0 spiro atoms. The van der Waals surface area contributed by atoms with Gasteiger partial charge in [0.15, 0.2) is 0 Å². The highest BCUT2D eigenvalue weighted by molar-refractivity contribution is 9.10. The van der Waals surface area contributed by atoms with Gasteiger partial charge in [-0.25, -0.2) is 0 Å². The van der Waals surface area contributed by atoms with Crippen molar-refractivity contribution in [3.05, 3.63) is 28.4 Å². The van der Waals surface area contributed by atoms with Gasteiger partial charge >= 0.3 is 0 Å². The highest BCUT2D eigenvalue weighted by atomic mass is 79.9. The third-order valence-corrected chi connectivity index (χ3v) is 2.41. The lowest BCUT2D eigenvalue weighted by Crippen LogP contribution is -1.88. The number of nitriles is 1. The summed E-state index contributed by atoms with van der Waals surface area (Å²) in [7, 11) is 1.86. The Bertz CT molecular complexity index is 507. The van der Waals surface area contributed by atoms with Gasteiger partial charge in [0.25, 0.3) is 0 Å². The fourth-order valence-corrected chi connectivity index (χ4v) is 1.75. The molecule has 0 saturated heterocycles. The lowest BCUT2D eigenvalue weighted by atomic mass is 10.1. The van der Waals surface area contributed by atoms with E-state index in [1.807, 2.05) is 13.1 Å². The second-order valence-corrected chi connectivity index (χ2v) is 3.68. The monoisotopic (exact) mass is 235 g/mol. The zero-order chi connectivity index (χ0) is 9.42. The number of halogens is 1. The van der Waals surface area contributed by atoms with E-state index in [-0.39, 0.29) is 0 Å². The Labute approximate surface area is 83.7 Å². The van der Waals surface area contributed by atoms with Crippen molar-refractivity contribution >= 4 is 26.8 Å². The molecule has 64 valence electrons. The summed E-state index contributed by atoms with van der Waals surface area (Å²) in [5.41, 5.74) is 1.61. The van der Waals surface area contributed by atoms with E-state index in [2.05, 4.69) is 27.1 Å². The van der Waals surface area contributed by atoms with Gasteiger partial charge in [0.2, 0.25) is 0 Å². The van der Waals surface area contributed by atoms with E-state index < -0.39 is 0 Å². The van der Waals surface area contributed by atoms with Gasteiger partial charge in [-0.2, -0.15) is 10.4 Å². The lowest BCUT2D eigenvalue weighted by molar-refractivity contribution is 0.797. The predicted octanol–water partition coefficient (Wildman–Crippen LogP) is 2.21. The third-order valence-electron chi connectivity index (χ3n) is 1.95. The van der Waals surface area contributed by atoms with E-state index in [4.69, 9.17) is 5.26 Å². The molecule has 1 heterocycles. The Morgan fingerprint density at radius 2 is 2.31 bits per heavy atom. The van der Waals surface area contributed by atoms with Crippen molar-refractivity contribution in [3.63, 3.8) is 0 Å². The summed E-state index contributed by atoms with van der Waals surface area (Å²) in [6.45, 7) is 0. The van der Waals surface area contributed by atoms with Crippen LogP contribution in [0.4, 0.5) is 0 Å². The minimum Gasteiger partial charge on any atom is -0.268 e. The number of hydrogen-bond donors (Lipinski definition) is 0. The smallest absolute Gasteiger partial charge is 0.0999 e. The Hall–Kier alpha value is -1.34. The standard InChI is InChI=1S/C9H6BrN3/c1-13-9-3-7(10)2-6(4-11)8(9)5-12-13/h2-3,5H,1H3. The molecule has 2 aromatic rings. The fourth-order valence-electron chi connectivity index (χ4n) is 1.31. The normalized spacial score (nSPS) is 10.2. The number of fused-ring (bicyclic) bond motifs is 1. The van der Waals surface area contributed by atoms with Crippen LogP contribution in [0.1, 0.15) is 5.56 Å². The van der Waals surface area contributed by atoms with Gasteiger partial charge in [-0.05, 0) is 12.1 Å². The van der Waals surface area contributed by atoms with Crippen LogP contribution in [-0.2, 0) is 7.05 Å². The molecular weight excluding hydrogens is 230 g/mol. The van der Waals surface area contributed by atoms with Crippen LogP contribution in [0.5, 0.6) is 0 Å². The number of hydrogen-bond acceptors (Lipinski definition) is 2. The minimum absolute atomic E-state index is 0.650. The maximum atomic E-state index is 8.86. The average molecular weight is 236 g/mol. The first-order valence-electron chi connectivity index (χ1n) is 3.73. The molecule has 0 N–H and O–H groups in total. The second-order valence-electron chi connectivity index (χ2n) is 2.77. The second kappa shape index (κ2) is 2.86. The third kappa shape index (κ3) is 1.21. The van der Waals surface area contributed by atoms with Crippen molar-refractivity contribution in [2.75, 3.05) is 0 Å². The minimum atomic E-state index is 0.650. The van der Waals surface area contributed by atoms with Crippen LogP contribution < -0.4 is 0 Å². The summed E-state index contributed by atoms with van der Waals surface area (Å²) in [6.07, 6.45) is 1.71. The van der Waals surface area contributed by atoms with E-state index in [0.29, 0.717) is 5.56 Å². The van der Waals surface area contributed by atoms with Crippen molar-refractivity contribution in [2.45, 2.75) is 0 Å². The molecule has 13 heavy (non-hydrogen) atoms. The van der Waals surface area contributed by atoms with Crippen molar-refractivity contribution < 1.29 is 0 Å². The maximum absolute atomic E-state index is 8.86. The van der Waals surface area contributed by atoms with Crippen LogP contribution in [0.2, 0.25) is 0 Å². The molecule has 0 fully saturated rings. The van der Waals surface area contributed by atoms with Crippen LogP contribution >= 0.6 is 15.9 Å². The first-order chi connectivity index (χ1) is 6.22. The fraction of sp³-hybridized carbons (Fsp3) is 0.111. The molecule has 0 saturated carbocycles. The number of aromatic nitrogens is 2. The molecule has 0 unspecified atom stereocenters. The Balaban J connectivity index is 2.94. The first kappa shape index (κ1) is 8.27. The highest BCUT2D eigenvalue weighted by Gasteiger charge is 2.05. The number of nitrogens with zero attached hydrogens (tertiary/aromatic N) is 3. The zero-order valence-corrected chi connectivity index (χ0v) is 8.54. The Morgan fingerprint density at radius 1 is 1.54 bits per heavy atom. The van der Waals surface area contributed by atoms with Crippen molar-refractivity contribution in [2.24, 2.45) is 7.05 Å². The van der Waals surface area contributed by atoms with Gasteiger partial charge in [-0.15, -0.1) is 0 Å². The summed E-state index contributed by atoms with van der Waals surface area (Å²) in [5.74, 6) is 0. The summed E-state index contributed by atoms with van der Waals surface area (Å²) < 4.78 is 2.65. The maximum Gasteiger partial charge on any atom is 0.0999 e. The molecule has 1 aromatic heterocycles. The number of rotatable bonds is 0. The molecule has 0 aliphatic rings. The molecule has 0 radical (unpaired) electrons. The van der Waals surface area contributed by atoms with E-state index in [9.17, 15) is 0 Å². The van der Waals surface area contributed by atoms with E-state index in [1.54, 1.807) is 16.9 Å². The zero-order valence-electron chi connectivity index (χ0n) is 6.95. The van der Waals surface area contributed by atoms with Crippen LogP contribution in [0, 0.1) is 11.3 Å². The molecule has 0 bridgehead atoms. The number of benzene rings is 1. The van der Waals surface area contributed by atoms with Gasteiger partial charge in [-0.3, -0.25) is 4.68 Å². The quantitative estimate of drug-likeness (QED) is 0.703. The molecule has 1 aromatic carbocycles. The van der Waals surface area contributed by atoms with Gasteiger partial charge in [0, 0.05) is 16.9 Å². The molecule has 0 aliphatic carbocycles. The summed E-state index contributed by atoms with van der Waals surface area (Å²) in [4.78, 5) is 0. The molecule has 2 rings (SSSR count). The Morgan fingerprint density at radius 3 is 3.00 bits per heavy atom. The van der Waals surface area contributed by atoms with Gasteiger partial charge < -0.3 is 0 Å². The van der Waals surface area contributed by atoms with Gasteiger partial charge in [0.05, 0.1) is 23.3 Å². The molecule has 0 atom stereocenters. The topological polar surface area (TPSA) is 41.6 Å². The molecule has 0 aliphatic heterocycles. The predicted molar refractivity (Wildman–Crippen MR) is 53.1 cm³/mol. The summed E-state index contributed by atoms with van der Waals surface area (Å²) in [6, 6.07) is 5.88. The van der Waals surface area contributed by atoms with Crippen LogP contribution in [0.3, 0.4) is 0 Å². The molecular formula is C9H6BrN3. The van der Waals surface area contributed by atoms with E-state index >= 15 is 0 Å². The van der Waals surface area contributed by atoms with E-state index in [0.717, 1.165) is 15.4 Å². The largest absolute Gasteiger partial charge is 0.268 e. The molecule has 3 nitrogen and oxygen atoms in total. The lowest BCUT2D eigenvalue weighted by Gasteiger charge is -1.96. The van der Waals surface area contributed by atoms with Crippen molar-refractivity contribution in [1.82, 2.24) is 9.78 Å². The molecule has 0 amide bonds. The Kier molecular flexibility index (Phi) is 1.82. The van der Waals surface area contributed by atoms with Gasteiger partial charge in [0.1, 0.15) is 0 Å².